The molecular formula is C34H49ClN4O6S2Si. The van der Waals surface area contributed by atoms with Crippen LogP contribution < -0.4 is 10.5 Å². The van der Waals surface area contributed by atoms with Gasteiger partial charge in [-0.15, -0.1) is 11.3 Å². The molecule has 1 aliphatic carbocycles. The van der Waals surface area contributed by atoms with Crippen LogP contribution in [-0.4, -0.2) is 56.3 Å². The van der Waals surface area contributed by atoms with Crippen LogP contribution in [0.2, 0.25) is 21.6 Å². The van der Waals surface area contributed by atoms with Crippen molar-refractivity contribution < 1.29 is 26.9 Å². The second kappa shape index (κ2) is 15.3. The van der Waals surface area contributed by atoms with Crippen molar-refractivity contribution in [2.75, 3.05) is 11.9 Å². The first-order valence-corrected chi connectivity index (χ1v) is 21.2. The molecule has 2 aromatic heterocycles. The molecule has 0 aliphatic heterocycles. The van der Waals surface area contributed by atoms with Gasteiger partial charge in [-0.25, -0.2) is 15.1 Å². The summed E-state index contributed by atoms with van der Waals surface area (Å²) in [4.78, 5) is 24.0. The smallest absolute Gasteiger partial charge is 0.333 e. The van der Waals surface area contributed by atoms with Crippen LogP contribution in [-0.2, 0) is 30.9 Å². The Labute approximate surface area is 295 Å². The second-order valence-corrected chi connectivity index (χ2v) is 22.4. The number of nitrogens with two attached hydrogens (primary N) is 1. The van der Waals surface area contributed by atoms with Crippen LogP contribution in [0.15, 0.2) is 42.9 Å². The molecule has 1 aromatic carbocycles. The third-order valence-corrected chi connectivity index (χ3v) is 17.6. The highest BCUT2D eigenvalue weighted by Crippen LogP contribution is 2.46. The van der Waals surface area contributed by atoms with E-state index in [-0.39, 0.29) is 36.9 Å². The van der Waals surface area contributed by atoms with Gasteiger partial charge in [0.05, 0.1) is 18.3 Å². The minimum Gasteiger partial charge on any atom is -0.413 e. The van der Waals surface area contributed by atoms with Crippen molar-refractivity contribution in [2.45, 2.75) is 109 Å². The lowest BCUT2D eigenvalue weighted by atomic mass is 9.88. The topological polar surface area (TPSA) is 154 Å². The van der Waals surface area contributed by atoms with Crippen molar-refractivity contribution in [1.29, 1.82) is 0 Å². The number of hydrogen-bond donors (Lipinski definition) is 3. The number of thiophene rings is 1. The summed E-state index contributed by atoms with van der Waals surface area (Å²) in [7, 11) is -6.44. The molecule has 4 rings (SSSR count). The van der Waals surface area contributed by atoms with Crippen LogP contribution in [0.5, 0.6) is 0 Å². The van der Waals surface area contributed by atoms with Gasteiger partial charge in [-0.05, 0) is 67.1 Å². The van der Waals surface area contributed by atoms with E-state index in [0.717, 1.165) is 9.75 Å². The molecule has 0 spiro atoms. The zero-order chi connectivity index (χ0) is 35.6. The Balaban J connectivity index is 1.55. The van der Waals surface area contributed by atoms with E-state index in [1.807, 2.05) is 19.1 Å². The van der Waals surface area contributed by atoms with Gasteiger partial charge in [0.15, 0.2) is 5.78 Å². The van der Waals surface area contributed by atoms with Crippen molar-refractivity contribution in [1.82, 2.24) is 9.97 Å². The van der Waals surface area contributed by atoms with Crippen molar-refractivity contribution >= 4 is 53.2 Å². The third kappa shape index (κ3) is 8.73. The summed E-state index contributed by atoms with van der Waals surface area (Å²) in [6.07, 6.45) is 3.88. The third-order valence-electron chi connectivity index (χ3n) is 9.71. The summed E-state index contributed by atoms with van der Waals surface area (Å²) >= 11 is 7.66. The Morgan fingerprint density at radius 2 is 1.83 bits per heavy atom. The molecule has 4 atom stereocenters. The summed E-state index contributed by atoms with van der Waals surface area (Å²) in [5.74, 6) is 0.00932. The number of carbonyl (C=O) groups is 1. The van der Waals surface area contributed by atoms with Crippen LogP contribution in [0.1, 0.15) is 92.5 Å². The maximum Gasteiger partial charge on any atom is 0.333 e. The number of aliphatic hydroxyl groups is 1. The first-order chi connectivity index (χ1) is 22.3. The fourth-order valence-electron chi connectivity index (χ4n) is 7.53. The highest BCUT2D eigenvalue weighted by Gasteiger charge is 2.49. The van der Waals surface area contributed by atoms with Crippen molar-refractivity contribution in [3.8, 4) is 0 Å². The average molecular weight is 737 g/mol. The van der Waals surface area contributed by atoms with Gasteiger partial charge in [0.2, 0.25) is 8.32 Å². The average Bonchev–Trinajstić information content (AvgIpc) is 3.55. The van der Waals surface area contributed by atoms with E-state index in [1.54, 1.807) is 25.1 Å². The van der Waals surface area contributed by atoms with Crippen molar-refractivity contribution in [3.63, 3.8) is 0 Å². The Morgan fingerprint density at radius 1 is 1.17 bits per heavy atom. The normalized spacial score (nSPS) is 20.1. The lowest BCUT2D eigenvalue weighted by Gasteiger charge is -2.45. The Morgan fingerprint density at radius 3 is 2.44 bits per heavy atom. The summed E-state index contributed by atoms with van der Waals surface area (Å²) in [6.45, 7) is 16.8. The molecule has 1 fully saturated rings. The predicted molar refractivity (Wildman–Crippen MR) is 194 cm³/mol. The second-order valence-electron chi connectivity index (χ2n) is 14.0. The number of ketones is 1. The summed E-state index contributed by atoms with van der Waals surface area (Å²) < 4.78 is 35.7. The van der Waals surface area contributed by atoms with Crippen LogP contribution in [0.25, 0.3) is 0 Å². The summed E-state index contributed by atoms with van der Waals surface area (Å²) in [5.41, 5.74) is 1.46. The number of carbonyl (C=O) groups excluding carboxylic acids is 1. The molecule has 48 heavy (non-hydrogen) atoms. The van der Waals surface area contributed by atoms with Gasteiger partial charge in [-0.1, -0.05) is 65.3 Å². The predicted octanol–water partition coefficient (Wildman–Crippen LogP) is 7.15. The SMILES string of the molecule is Cc1sc(CC(=O)c2cncnc2N[C@@H]2C[C@H](COS(N)(=O)=O)[C@@H](O[Si](C(C)C)(C(C)C)C(C)C)C2)cc1[C@](C)(O)c1cccc(Cl)c1. The number of nitrogens with zero attached hydrogens (tertiary/aromatic N) is 2. The number of rotatable bonds is 15. The fraction of sp³-hybridized carbons (Fsp3) is 0.559. The number of aryl methyl sites for hydroxylation is 1. The molecule has 0 radical (unpaired) electrons. The van der Waals surface area contributed by atoms with E-state index in [9.17, 15) is 18.3 Å². The van der Waals surface area contributed by atoms with Gasteiger partial charge in [0.1, 0.15) is 17.7 Å². The number of aromatic nitrogens is 2. The van der Waals surface area contributed by atoms with E-state index in [0.29, 0.717) is 57.0 Å². The number of hydrogen-bond acceptors (Lipinski definition) is 10. The van der Waals surface area contributed by atoms with E-state index >= 15 is 0 Å². The molecule has 0 bridgehead atoms. The van der Waals surface area contributed by atoms with Gasteiger partial charge >= 0.3 is 10.3 Å². The first kappa shape index (κ1) is 38.6. The number of anilines is 1. The van der Waals surface area contributed by atoms with E-state index in [2.05, 4.69) is 56.8 Å². The highest BCUT2D eigenvalue weighted by molar-refractivity contribution is 7.84. The molecule has 1 aliphatic rings. The monoisotopic (exact) mass is 736 g/mol. The zero-order valence-corrected chi connectivity index (χ0v) is 32.4. The number of halogens is 1. The molecule has 2 heterocycles. The van der Waals surface area contributed by atoms with Gasteiger partial charge in [0.25, 0.3) is 0 Å². The number of benzene rings is 1. The molecule has 1 saturated carbocycles. The molecule has 0 amide bonds. The quantitative estimate of drug-likeness (QED) is 0.109. The summed E-state index contributed by atoms with van der Waals surface area (Å²) in [5, 5.41) is 20.7. The van der Waals surface area contributed by atoms with Crippen molar-refractivity contribution in [2.24, 2.45) is 11.1 Å². The highest BCUT2D eigenvalue weighted by atomic mass is 35.5. The summed E-state index contributed by atoms with van der Waals surface area (Å²) in [6, 6.07) is 8.84. The van der Waals surface area contributed by atoms with Crippen LogP contribution >= 0.6 is 22.9 Å². The lowest BCUT2D eigenvalue weighted by molar-refractivity contribution is 0.0987. The minimum absolute atomic E-state index is 0.0883. The maximum atomic E-state index is 13.7. The molecule has 0 saturated heterocycles. The zero-order valence-electron chi connectivity index (χ0n) is 29.0. The number of nitrogens with one attached hydrogen (secondary N) is 1. The first-order valence-electron chi connectivity index (χ1n) is 16.4. The fourth-order valence-corrected chi connectivity index (χ4v) is 14.9. The van der Waals surface area contributed by atoms with Gasteiger partial charge in [-0.2, -0.15) is 8.42 Å². The van der Waals surface area contributed by atoms with E-state index in [4.69, 9.17) is 25.3 Å². The van der Waals surface area contributed by atoms with Gasteiger partial charge < -0.3 is 14.8 Å². The lowest BCUT2D eigenvalue weighted by Crippen LogP contribution is -2.51. The molecule has 264 valence electrons. The molecule has 10 nitrogen and oxygen atoms in total. The van der Waals surface area contributed by atoms with Gasteiger partial charge in [-0.3, -0.25) is 8.98 Å². The maximum absolute atomic E-state index is 13.7. The Kier molecular flexibility index (Phi) is 12.3. The molecule has 0 unspecified atom stereocenters. The minimum atomic E-state index is -4.13. The van der Waals surface area contributed by atoms with E-state index < -0.39 is 24.2 Å². The van der Waals surface area contributed by atoms with Crippen molar-refractivity contribution in [3.05, 3.63) is 74.3 Å². The Hall–Kier alpha value is -2.23. The number of Topliss-reactive ketones (excluding diaryl/α,β-unsaturated/α-hetero) is 1. The molecule has 14 heteroatoms. The largest absolute Gasteiger partial charge is 0.413 e. The standard InChI is InChI=1S/C34H49ClN4O6S2Si/c1-20(2)48(21(3)4,22(5)6)45-32-14-27(12-24(32)18-44-47(36,42)43)39-33-29(17-37-19-38-33)31(40)16-28-15-30(23(7)46-28)34(8,41)25-10-9-11-26(35)13-25/h9-11,13,15,17,19-22,24,27,32,41H,12,14,16,18H2,1-8H3,(H2,36,42,43)(H,37,38,39)/t24-,27-,32+,34-/m1/s1. The van der Waals surface area contributed by atoms with Gasteiger partial charge in [0, 0.05) is 44.9 Å². The molecular weight excluding hydrogens is 688 g/mol. The molecule has 3 aromatic rings. The molecule has 4 N–H and O–H groups in total. The van der Waals surface area contributed by atoms with Crippen LogP contribution in [0, 0.1) is 12.8 Å². The van der Waals surface area contributed by atoms with Crippen LogP contribution in [0.3, 0.4) is 0 Å². The Bertz CT molecular complexity index is 1680. The van der Waals surface area contributed by atoms with E-state index in [1.165, 1.54) is 23.9 Å². The van der Waals surface area contributed by atoms with Crippen LogP contribution in [0.4, 0.5) is 5.82 Å².